The van der Waals surface area contributed by atoms with E-state index in [0.29, 0.717) is 17.1 Å². The van der Waals surface area contributed by atoms with E-state index in [1.807, 2.05) is 48.5 Å². The second-order valence-corrected chi connectivity index (χ2v) is 15.9. The van der Waals surface area contributed by atoms with Crippen molar-refractivity contribution in [3.8, 4) is 62.6 Å². The summed E-state index contributed by atoms with van der Waals surface area (Å²) in [7, 11) is 0. The number of thiophene rings is 1. The maximum Gasteiger partial charge on any atom is 0.160 e. The molecule has 59 heavy (non-hydrogen) atoms. The first kappa shape index (κ1) is 34.6. The number of hydrogen-bond acceptors (Lipinski definition) is 5. The molecule has 0 unspecified atom stereocenters. The highest BCUT2D eigenvalue weighted by Crippen LogP contribution is 2.57. The Kier molecular flexibility index (Phi) is 8.25. The average molecular weight is 772 g/mol. The van der Waals surface area contributed by atoms with E-state index in [2.05, 4.69) is 158 Å². The molecule has 0 saturated carbocycles. The predicted octanol–water partition coefficient (Wildman–Crippen LogP) is 13.9. The van der Waals surface area contributed by atoms with E-state index >= 15 is 0 Å². The Labute approximate surface area is 346 Å². The lowest BCUT2D eigenvalue weighted by Crippen LogP contribution is -2.34. The van der Waals surface area contributed by atoms with Crippen LogP contribution in [0.2, 0.25) is 0 Å². The standard InChI is InChI=1S/C54H33N3OS/c55-34-35-24-28-45-49(30-35)58-52-42(22-13-23-46(52)54(45,40-18-9-3-10-19-40)41-20-11-4-12-21-41)38-25-27-43-44-31-39(26-29-50(44)59-51(43)32-38)48-33-47(36-14-5-1-6-15-36)56-53(57-48)37-16-7-2-8-17-37/h1-33H. The third-order valence-corrected chi connectivity index (χ3v) is 12.6. The number of fused-ring (bicyclic) bond motifs is 5. The number of benzene rings is 8. The molecule has 0 aliphatic carbocycles. The van der Waals surface area contributed by atoms with Crippen LogP contribution in [0, 0.1) is 11.3 Å². The monoisotopic (exact) mass is 771 g/mol. The van der Waals surface area contributed by atoms with Crippen molar-refractivity contribution in [1.29, 1.82) is 5.26 Å². The number of nitrogens with zero attached hydrogens (tertiary/aromatic N) is 3. The van der Waals surface area contributed by atoms with E-state index < -0.39 is 5.41 Å². The number of hydrogen-bond donors (Lipinski definition) is 0. The zero-order valence-electron chi connectivity index (χ0n) is 31.7. The zero-order valence-corrected chi connectivity index (χ0v) is 32.5. The molecule has 0 fully saturated rings. The number of ether oxygens (including phenoxy) is 1. The van der Waals surface area contributed by atoms with Gasteiger partial charge in [-0.3, -0.25) is 0 Å². The second kappa shape index (κ2) is 14.1. The smallest absolute Gasteiger partial charge is 0.160 e. The van der Waals surface area contributed by atoms with Gasteiger partial charge in [0, 0.05) is 53.6 Å². The van der Waals surface area contributed by atoms with Crippen molar-refractivity contribution >= 4 is 31.5 Å². The topological polar surface area (TPSA) is 58.8 Å². The summed E-state index contributed by atoms with van der Waals surface area (Å²) in [5.41, 5.74) is 11.1. The van der Waals surface area contributed by atoms with Gasteiger partial charge >= 0.3 is 0 Å². The highest BCUT2D eigenvalue weighted by Gasteiger charge is 2.46. The van der Waals surface area contributed by atoms with Crippen LogP contribution in [-0.4, -0.2) is 9.97 Å². The van der Waals surface area contributed by atoms with Crippen LogP contribution in [-0.2, 0) is 5.41 Å². The van der Waals surface area contributed by atoms with Crippen LogP contribution in [0.5, 0.6) is 11.5 Å². The Balaban J connectivity index is 1.07. The molecular formula is C54H33N3OS. The highest BCUT2D eigenvalue weighted by molar-refractivity contribution is 7.25. The second-order valence-electron chi connectivity index (χ2n) is 14.8. The first-order chi connectivity index (χ1) is 29.2. The number of nitriles is 1. The first-order valence-corrected chi connectivity index (χ1v) is 20.4. The molecule has 1 aliphatic heterocycles. The van der Waals surface area contributed by atoms with Gasteiger partial charge in [-0.1, -0.05) is 164 Å². The fraction of sp³-hybridized carbons (Fsp3) is 0.0185. The lowest BCUT2D eigenvalue weighted by atomic mass is 9.63. The summed E-state index contributed by atoms with van der Waals surface area (Å²) >= 11 is 1.79. The first-order valence-electron chi connectivity index (χ1n) is 19.6. The summed E-state index contributed by atoms with van der Waals surface area (Å²) < 4.78 is 9.35. The van der Waals surface area contributed by atoms with Gasteiger partial charge in [-0.15, -0.1) is 11.3 Å². The Bertz CT molecular complexity index is 3150. The summed E-state index contributed by atoms with van der Waals surface area (Å²) in [6.07, 6.45) is 0. The summed E-state index contributed by atoms with van der Waals surface area (Å²) in [6.45, 7) is 0. The minimum Gasteiger partial charge on any atom is -0.456 e. The van der Waals surface area contributed by atoms with Gasteiger partial charge in [0.05, 0.1) is 28.4 Å². The number of rotatable bonds is 6. The van der Waals surface area contributed by atoms with Crippen LogP contribution < -0.4 is 4.74 Å². The van der Waals surface area contributed by atoms with Gasteiger partial charge in [0.25, 0.3) is 0 Å². The average Bonchev–Trinajstić information content (AvgIpc) is 3.68. The van der Waals surface area contributed by atoms with Crippen LogP contribution in [0.4, 0.5) is 0 Å². The summed E-state index contributed by atoms with van der Waals surface area (Å²) in [5, 5.41) is 12.4. The van der Waals surface area contributed by atoms with Crippen LogP contribution in [0.1, 0.15) is 27.8 Å². The number of aromatic nitrogens is 2. The fourth-order valence-corrected chi connectivity index (χ4v) is 9.87. The minimum atomic E-state index is -0.685. The van der Waals surface area contributed by atoms with E-state index in [1.165, 1.54) is 20.2 Å². The van der Waals surface area contributed by atoms with Crippen molar-refractivity contribution in [2.24, 2.45) is 0 Å². The molecule has 0 amide bonds. The maximum atomic E-state index is 9.98. The van der Waals surface area contributed by atoms with Gasteiger partial charge in [-0.2, -0.15) is 5.26 Å². The van der Waals surface area contributed by atoms with Crippen molar-refractivity contribution < 1.29 is 4.74 Å². The SMILES string of the molecule is N#Cc1ccc2c(c1)Oc1c(-c3ccc4c(c3)sc3ccc(-c5cc(-c6ccccc6)nc(-c6ccccc6)n5)cc34)cccc1C2(c1ccccc1)c1ccccc1. The lowest BCUT2D eigenvalue weighted by molar-refractivity contribution is 0.436. The summed E-state index contributed by atoms with van der Waals surface area (Å²) in [4.78, 5) is 10.1. The Morgan fingerprint density at radius 3 is 1.81 bits per heavy atom. The fourth-order valence-electron chi connectivity index (χ4n) is 8.75. The van der Waals surface area contributed by atoms with Gasteiger partial charge in [0.2, 0.25) is 0 Å². The lowest BCUT2D eigenvalue weighted by Gasteiger charge is -2.42. The van der Waals surface area contributed by atoms with Gasteiger partial charge in [0.1, 0.15) is 11.5 Å². The van der Waals surface area contributed by atoms with Crippen LogP contribution in [0.25, 0.3) is 65.2 Å². The van der Waals surface area contributed by atoms with Crippen molar-refractivity contribution in [2.45, 2.75) is 5.41 Å². The molecule has 11 rings (SSSR count). The predicted molar refractivity (Wildman–Crippen MR) is 240 cm³/mol. The third-order valence-electron chi connectivity index (χ3n) is 11.5. The highest BCUT2D eigenvalue weighted by atomic mass is 32.1. The van der Waals surface area contributed by atoms with E-state index in [0.717, 1.165) is 67.2 Å². The Morgan fingerprint density at radius 2 is 1.12 bits per heavy atom. The molecule has 276 valence electrons. The quantitative estimate of drug-likeness (QED) is 0.169. The van der Waals surface area contributed by atoms with Crippen LogP contribution in [0.3, 0.4) is 0 Å². The van der Waals surface area contributed by atoms with Crippen molar-refractivity contribution in [3.63, 3.8) is 0 Å². The normalized spacial score (nSPS) is 12.7. The molecule has 0 bridgehead atoms. The van der Waals surface area contributed by atoms with Gasteiger partial charge in [-0.25, -0.2) is 9.97 Å². The van der Waals surface area contributed by atoms with Crippen LogP contribution >= 0.6 is 11.3 Å². The Hall–Kier alpha value is -7.65. The van der Waals surface area contributed by atoms with E-state index in [4.69, 9.17) is 14.7 Å². The van der Waals surface area contributed by atoms with Crippen molar-refractivity contribution in [2.75, 3.05) is 0 Å². The van der Waals surface area contributed by atoms with E-state index in [9.17, 15) is 5.26 Å². The molecule has 2 aromatic heterocycles. The minimum absolute atomic E-state index is 0.556. The maximum absolute atomic E-state index is 9.98. The van der Waals surface area contributed by atoms with E-state index in [1.54, 1.807) is 11.3 Å². The Morgan fingerprint density at radius 1 is 0.475 bits per heavy atom. The van der Waals surface area contributed by atoms with E-state index in [-0.39, 0.29) is 0 Å². The summed E-state index contributed by atoms with van der Waals surface area (Å²) in [6, 6.07) is 71.9. The number of para-hydroxylation sites is 1. The largest absolute Gasteiger partial charge is 0.456 e. The zero-order chi connectivity index (χ0) is 39.3. The molecule has 0 N–H and O–H groups in total. The third kappa shape index (κ3) is 5.73. The van der Waals surface area contributed by atoms with Gasteiger partial charge < -0.3 is 4.74 Å². The molecule has 4 nitrogen and oxygen atoms in total. The molecule has 0 spiro atoms. The molecule has 3 heterocycles. The molecule has 5 heteroatoms. The van der Waals surface area contributed by atoms with Crippen LogP contribution in [0.15, 0.2) is 200 Å². The van der Waals surface area contributed by atoms with Gasteiger partial charge in [-0.05, 0) is 53.1 Å². The molecule has 0 radical (unpaired) electrons. The summed E-state index contributed by atoms with van der Waals surface area (Å²) in [5.74, 6) is 2.17. The van der Waals surface area contributed by atoms with Crippen molar-refractivity contribution in [3.05, 3.63) is 228 Å². The molecule has 1 aliphatic rings. The van der Waals surface area contributed by atoms with Crippen molar-refractivity contribution in [1.82, 2.24) is 9.97 Å². The molecule has 0 saturated heterocycles. The molecule has 0 atom stereocenters. The molecule has 8 aromatic carbocycles. The molecule has 10 aromatic rings. The van der Waals surface area contributed by atoms with Gasteiger partial charge in [0.15, 0.2) is 5.82 Å². The molecular weight excluding hydrogens is 739 g/mol.